The minimum absolute atomic E-state index is 0.00841. The average Bonchev–Trinajstić information content (AvgIpc) is 2.72. The third-order valence-electron chi connectivity index (χ3n) is 6.33. The van der Waals surface area contributed by atoms with Crippen LogP contribution in [0.4, 0.5) is 0 Å². The molecule has 0 amide bonds. The molecule has 1 aromatic rings. The maximum Gasteiger partial charge on any atom is 0.191 e. The van der Waals surface area contributed by atoms with E-state index >= 15 is 0 Å². The zero-order chi connectivity index (χ0) is 23.7. The summed E-state index contributed by atoms with van der Waals surface area (Å²) in [4.78, 5) is 0. The number of methoxy groups -OCH3 is 1. The summed E-state index contributed by atoms with van der Waals surface area (Å²) < 4.78 is 17.5. The maximum absolute atomic E-state index is 10.6. The lowest BCUT2D eigenvalue weighted by atomic mass is 9.98. The Morgan fingerprint density at radius 2 is 1.68 bits per heavy atom. The molecule has 178 valence electrons. The van der Waals surface area contributed by atoms with E-state index in [-0.39, 0.29) is 29.6 Å². The molecule has 0 aliphatic carbocycles. The lowest BCUT2D eigenvalue weighted by Gasteiger charge is -2.37. The summed E-state index contributed by atoms with van der Waals surface area (Å²) in [6, 6.07) is 7.77. The third kappa shape index (κ3) is 9.45. The first-order valence-electron chi connectivity index (χ1n) is 11.3. The molecule has 0 saturated carbocycles. The first-order chi connectivity index (χ1) is 14.4. The largest absolute Gasteiger partial charge is 0.497 e. The van der Waals surface area contributed by atoms with Gasteiger partial charge in [0, 0.05) is 25.0 Å². The Hall–Kier alpha value is -1.18. The Balaban J connectivity index is 2.60. The summed E-state index contributed by atoms with van der Waals surface area (Å²) in [5, 5.41) is 20.2. The summed E-state index contributed by atoms with van der Waals surface area (Å²) in [7, 11) is -0.182. The van der Waals surface area contributed by atoms with Gasteiger partial charge in [0.25, 0.3) is 0 Å². The molecule has 0 heterocycles. The van der Waals surface area contributed by atoms with Crippen molar-refractivity contribution < 1.29 is 24.1 Å². The number of aliphatic hydroxyl groups excluding tert-OH is 2. The number of ether oxygens (including phenoxy) is 2. The van der Waals surface area contributed by atoms with Crippen LogP contribution in [0.1, 0.15) is 46.6 Å². The van der Waals surface area contributed by atoms with Gasteiger partial charge in [-0.3, -0.25) is 0 Å². The van der Waals surface area contributed by atoms with Crippen molar-refractivity contribution in [3.05, 3.63) is 42.0 Å². The average molecular weight is 453 g/mol. The molecule has 2 N–H and O–H groups in total. The molecule has 0 saturated heterocycles. The van der Waals surface area contributed by atoms with Crippen molar-refractivity contribution >= 4 is 8.32 Å². The normalized spacial score (nSPS) is 16.8. The van der Waals surface area contributed by atoms with Crippen LogP contribution in [-0.2, 0) is 15.8 Å². The van der Waals surface area contributed by atoms with Gasteiger partial charge in [0.15, 0.2) is 8.32 Å². The Morgan fingerprint density at radius 3 is 2.19 bits per heavy atom. The number of hydrogen-bond acceptors (Lipinski definition) is 5. The first kappa shape index (κ1) is 27.9. The van der Waals surface area contributed by atoms with Gasteiger partial charge in [-0.05, 0) is 42.2 Å². The van der Waals surface area contributed by atoms with Crippen molar-refractivity contribution in [3.63, 3.8) is 0 Å². The van der Waals surface area contributed by atoms with E-state index in [1.165, 1.54) is 0 Å². The van der Waals surface area contributed by atoms with E-state index in [9.17, 15) is 10.2 Å². The van der Waals surface area contributed by atoms with E-state index in [2.05, 4.69) is 33.9 Å². The molecule has 0 aliphatic rings. The Bertz CT molecular complexity index is 651. The molecule has 6 heteroatoms. The summed E-state index contributed by atoms with van der Waals surface area (Å²) in [5.74, 6) is 0.884. The summed E-state index contributed by atoms with van der Waals surface area (Å²) in [6.45, 7) is 16.2. The summed E-state index contributed by atoms with van der Waals surface area (Å²) in [6.07, 6.45) is 3.66. The predicted molar refractivity (Wildman–Crippen MR) is 130 cm³/mol. The number of hydrogen-bond donors (Lipinski definition) is 2. The minimum Gasteiger partial charge on any atom is -0.497 e. The molecule has 5 nitrogen and oxygen atoms in total. The molecular formula is C25H44O5Si. The van der Waals surface area contributed by atoms with E-state index in [1.807, 2.05) is 50.3 Å². The Morgan fingerprint density at radius 1 is 1.06 bits per heavy atom. The molecule has 1 aromatic carbocycles. The highest BCUT2D eigenvalue weighted by atomic mass is 28.4. The highest BCUT2D eigenvalue weighted by Crippen LogP contribution is 2.36. The molecule has 31 heavy (non-hydrogen) atoms. The van der Waals surface area contributed by atoms with Crippen molar-refractivity contribution in [1.82, 2.24) is 0 Å². The van der Waals surface area contributed by atoms with Crippen LogP contribution in [0.2, 0.25) is 18.1 Å². The SMILES string of the molecule is COc1ccc(CO[C@H](CCO)[C@@H](C)/C=C\[C@H](O)[C@H](C)CO[Si](C)(C)C(C)(C)C)cc1. The topological polar surface area (TPSA) is 68.2 Å². The van der Waals surface area contributed by atoms with Gasteiger partial charge in [0.05, 0.1) is 25.9 Å². The summed E-state index contributed by atoms with van der Waals surface area (Å²) in [5.41, 5.74) is 1.05. The zero-order valence-electron chi connectivity index (χ0n) is 20.7. The van der Waals surface area contributed by atoms with Gasteiger partial charge in [-0.2, -0.15) is 0 Å². The monoisotopic (exact) mass is 452 g/mol. The molecule has 1 rings (SSSR count). The standard InChI is InChI=1S/C25H44O5Si/c1-19(9-14-23(27)20(2)17-30-31(7,8)25(3,4)5)24(15-16-26)29-18-21-10-12-22(28-6)13-11-21/h9-14,19-20,23-24,26-27H,15-18H2,1-8H3/b14-9-/t19-,20+,23-,24+/m0/s1. The molecule has 0 fully saturated rings. The fraction of sp³-hybridized carbons (Fsp3) is 0.680. The van der Waals surface area contributed by atoms with E-state index in [1.54, 1.807) is 7.11 Å². The Kier molecular flexibility index (Phi) is 11.5. The van der Waals surface area contributed by atoms with Crippen molar-refractivity contribution in [3.8, 4) is 5.75 Å². The van der Waals surface area contributed by atoms with E-state index < -0.39 is 14.4 Å². The highest BCUT2D eigenvalue weighted by Gasteiger charge is 2.37. The molecule has 0 spiro atoms. The highest BCUT2D eigenvalue weighted by molar-refractivity contribution is 6.74. The van der Waals surface area contributed by atoms with Gasteiger partial charge < -0.3 is 24.1 Å². The molecule has 0 aliphatic heterocycles. The second-order valence-electron chi connectivity index (χ2n) is 9.99. The molecule has 0 aromatic heterocycles. The quantitative estimate of drug-likeness (QED) is 0.319. The predicted octanol–water partition coefficient (Wildman–Crippen LogP) is 5.17. The van der Waals surface area contributed by atoms with Crippen LogP contribution < -0.4 is 4.74 Å². The smallest absolute Gasteiger partial charge is 0.191 e. The molecule has 0 bridgehead atoms. The number of aliphatic hydroxyl groups is 2. The third-order valence-corrected chi connectivity index (χ3v) is 10.8. The van der Waals surface area contributed by atoms with Crippen molar-refractivity contribution in [1.29, 1.82) is 0 Å². The number of rotatable bonds is 13. The fourth-order valence-corrected chi connectivity index (χ4v) is 3.92. The van der Waals surface area contributed by atoms with Gasteiger partial charge in [0.2, 0.25) is 0 Å². The molecule has 0 unspecified atom stereocenters. The second kappa shape index (κ2) is 12.8. The molecule has 0 radical (unpaired) electrons. The number of benzene rings is 1. The van der Waals surface area contributed by atoms with E-state index in [4.69, 9.17) is 13.9 Å². The first-order valence-corrected chi connectivity index (χ1v) is 14.2. The lowest BCUT2D eigenvalue weighted by Crippen LogP contribution is -2.42. The molecular weight excluding hydrogens is 408 g/mol. The van der Waals surface area contributed by atoms with Gasteiger partial charge in [-0.1, -0.05) is 58.9 Å². The van der Waals surface area contributed by atoms with Crippen molar-refractivity contribution in [2.24, 2.45) is 11.8 Å². The van der Waals surface area contributed by atoms with Gasteiger partial charge in [-0.15, -0.1) is 0 Å². The van der Waals surface area contributed by atoms with Crippen molar-refractivity contribution in [2.75, 3.05) is 20.3 Å². The Labute approximate surface area is 190 Å². The molecule has 4 atom stereocenters. The lowest BCUT2D eigenvalue weighted by molar-refractivity contribution is 0.00241. The van der Waals surface area contributed by atoms with Gasteiger partial charge in [0.1, 0.15) is 5.75 Å². The van der Waals surface area contributed by atoms with Crippen LogP contribution in [0.5, 0.6) is 5.75 Å². The van der Waals surface area contributed by atoms with Crippen LogP contribution in [0.15, 0.2) is 36.4 Å². The van der Waals surface area contributed by atoms with E-state index in [0.717, 1.165) is 11.3 Å². The second-order valence-corrected chi connectivity index (χ2v) is 14.8. The van der Waals surface area contributed by atoms with Crippen molar-refractivity contribution in [2.45, 2.75) is 78.0 Å². The summed E-state index contributed by atoms with van der Waals surface area (Å²) >= 11 is 0. The van der Waals surface area contributed by atoms with Crippen LogP contribution in [0.3, 0.4) is 0 Å². The van der Waals surface area contributed by atoms with Gasteiger partial charge >= 0.3 is 0 Å². The van der Waals surface area contributed by atoms with Crippen LogP contribution in [0, 0.1) is 11.8 Å². The zero-order valence-corrected chi connectivity index (χ0v) is 21.7. The fourth-order valence-electron chi connectivity index (χ4n) is 2.81. The maximum atomic E-state index is 10.6. The van der Waals surface area contributed by atoms with Gasteiger partial charge in [-0.25, -0.2) is 0 Å². The van der Waals surface area contributed by atoms with E-state index in [0.29, 0.717) is 19.6 Å². The van der Waals surface area contributed by atoms with Crippen LogP contribution >= 0.6 is 0 Å². The van der Waals surface area contributed by atoms with Crippen LogP contribution in [0.25, 0.3) is 0 Å². The van der Waals surface area contributed by atoms with Crippen LogP contribution in [-0.4, -0.2) is 51.1 Å². The minimum atomic E-state index is -1.83.